The van der Waals surface area contributed by atoms with E-state index in [1.165, 1.54) is 0 Å². The highest BCUT2D eigenvalue weighted by Crippen LogP contribution is 2.20. The number of hydrogen-bond donors (Lipinski definition) is 1. The molecule has 0 spiro atoms. The zero-order valence-corrected chi connectivity index (χ0v) is 8.66. The molecule has 80 valence electrons. The summed E-state index contributed by atoms with van der Waals surface area (Å²) in [6.07, 6.45) is 3.26. The van der Waals surface area contributed by atoms with E-state index in [1.54, 1.807) is 0 Å². The topological polar surface area (TPSA) is 41.6 Å². The van der Waals surface area contributed by atoms with Crippen LogP contribution in [0.5, 0.6) is 0 Å². The molecule has 2 amide bonds. The minimum atomic E-state index is 0.0997. The molecule has 0 aromatic heterocycles. The number of rotatable bonds is 2. The summed E-state index contributed by atoms with van der Waals surface area (Å²) in [6, 6.07) is 0.813. The van der Waals surface area contributed by atoms with Gasteiger partial charge in [-0.1, -0.05) is 6.92 Å². The summed E-state index contributed by atoms with van der Waals surface area (Å²) in [5.41, 5.74) is 0. The summed E-state index contributed by atoms with van der Waals surface area (Å²) >= 11 is 0. The molecule has 1 atom stereocenters. The van der Waals surface area contributed by atoms with Crippen LogP contribution in [0.4, 0.5) is 4.79 Å². The maximum Gasteiger partial charge on any atom is 0.318 e. The van der Waals surface area contributed by atoms with Gasteiger partial charge in [0.25, 0.3) is 0 Å². The molecular formula is C10H18N2O2. The third-order valence-corrected chi connectivity index (χ3v) is 2.86. The van der Waals surface area contributed by atoms with E-state index in [0.29, 0.717) is 19.3 Å². The van der Waals surface area contributed by atoms with Gasteiger partial charge in [-0.05, 0) is 19.3 Å². The molecular weight excluding hydrogens is 180 g/mol. The van der Waals surface area contributed by atoms with E-state index in [1.807, 2.05) is 4.90 Å². The van der Waals surface area contributed by atoms with Crippen molar-refractivity contribution in [2.75, 3.05) is 19.8 Å². The SMILES string of the molecule is CCC1COCCN1C(=O)NC1CC1. The highest BCUT2D eigenvalue weighted by molar-refractivity contribution is 5.75. The number of nitrogens with one attached hydrogen (secondary N) is 1. The van der Waals surface area contributed by atoms with Gasteiger partial charge in [-0.15, -0.1) is 0 Å². The summed E-state index contributed by atoms with van der Waals surface area (Å²) < 4.78 is 5.35. The third kappa shape index (κ3) is 2.18. The summed E-state index contributed by atoms with van der Waals surface area (Å²) in [6.45, 7) is 4.19. The lowest BCUT2D eigenvalue weighted by atomic mass is 10.2. The first kappa shape index (κ1) is 9.77. The van der Waals surface area contributed by atoms with E-state index in [9.17, 15) is 4.79 Å². The van der Waals surface area contributed by atoms with Gasteiger partial charge in [-0.25, -0.2) is 4.79 Å². The van der Waals surface area contributed by atoms with Crippen molar-refractivity contribution < 1.29 is 9.53 Å². The molecule has 14 heavy (non-hydrogen) atoms. The molecule has 1 N–H and O–H groups in total. The molecule has 0 bridgehead atoms. The first-order valence-corrected chi connectivity index (χ1v) is 5.46. The molecule has 4 nitrogen and oxygen atoms in total. The lowest BCUT2D eigenvalue weighted by Gasteiger charge is -2.35. The molecule has 1 saturated heterocycles. The number of urea groups is 1. The van der Waals surface area contributed by atoms with E-state index < -0.39 is 0 Å². The standard InChI is InChI=1S/C10H18N2O2/c1-2-9-7-14-6-5-12(9)10(13)11-8-3-4-8/h8-9H,2-7H2,1H3,(H,11,13). The van der Waals surface area contributed by atoms with E-state index in [0.717, 1.165) is 25.8 Å². The van der Waals surface area contributed by atoms with Crippen LogP contribution in [-0.4, -0.2) is 42.8 Å². The fourth-order valence-corrected chi connectivity index (χ4v) is 1.75. The van der Waals surface area contributed by atoms with Gasteiger partial charge in [-0.3, -0.25) is 0 Å². The lowest BCUT2D eigenvalue weighted by molar-refractivity contribution is 0.0112. The first-order valence-electron chi connectivity index (χ1n) is 5.46. The van der Waals surface area contributed by atoms with Crippen molar-refractivity contribution in [3.8, 4) is 0 Å². The van der Waals surface area contributed by atoms with Gasteiger partial charge in [-0.2, -0.15) is 0 Å². The quantitative estimate of drug-likeness (QED) is 0.718. The van der Waals surface area contributed by atoms with Crippen LogP contribution >= 0.6 is 0 Å². The van der Waals surface area contributed by atoms with Crippen LogP contribution in [0.3, 0.4) is 0 Å². The van der Waals surface area contributed by atoms with Crippen LogP contribution < -0.4 is 5.32 Å². The van der Waals surface area contributed by atoms with Crippen LogP contribution in [0.1, 0.15) is 26.2 Å². The lowest BCUT2D eigenvalue weighted by Crippen LogP contribution is -2.52. The van der Waals surface area contributed by atoms with Crippen molar-refractivity contribution in [2.45, 2.75) is 38.3 Å². The molecule has 1 unspecified atom stereocenters. The third-order valence-electron chi connectivity index (χ3n) is 2.86. The number of nitrogens with zero attached hydrogens (tertiary/aromatic N) is 1. The molecule has 2 fully saturated rings. The van der Waals surface area contributed by atoms with E-state index in [2.05, 4.69) is 12.2 Å². The number of ether oxygens (including phenoxy) is 1. The van der Waals surface area contributed by atoms with Crippen molar-refractivity contribution in [1.82, 2.24) is 10.2 Å². The fourth-order valence-electron chi connectivity index (χ4n) is 1.75. The second-order valence-corrected chi connectivity index (χ2v) is 4.05. The molecule has 0 aromatic rings. The van der Waals surface area contributed by atoms with Crippen molar-refractivity contribution in [3.05, 3.63) is 0 Å². The normalized spacial score (nSPS) is 27.5. The van der Waals surface area contributed by atoms with Gasteiger partial charge >= 0.3 is 6.03 Å². The van der Waals surface area contributed by atoms with Gasteiger partial charge in [0.15, 0.2) is 0 Å². The molecule has 1 aliphatic carbocycles. The van der Waals surface area contributed by atoms with Gasteiger partial charge in [0, 0.05) is 12.6 Å². The van der Waals surface area contributed by atoms with Crippen LogP contribution in [0, 0.1) is 0 Å². The molecule has 1 aliphatic heterocycles. The van der Waals surface area contributed by atoms with Gasteiger partial charge < -0.3 is 15.0 Å². The zero-order chi connectivity index (χ0) is 9.97. The van der Waals surface area contributed by atoms with E-state index in [-0.39, 0.29) is 12.1 Å². The maximum absolute atomic E-state index is 11.8. The monoisotopic (exact) mass is 198 g/mol. The smallest absolute Gasteiger partial charge is 0.318 e. The number of amides is 2. The Morgan fingerprint density at radius 3 is 3.00 bits per heavy atom. The van der Waals surface area contributed by atoms with Crippen LogP contribution in [0.25, 0.3) is 0 Å². The second-order valence-electron chi connectivity index (χ2n) is 4.05. The molecule has 0 radical (unpaired) electrons. The minimum absolute atomic E-state index is 0.0997. The molecule has 4 heteroatoms. The molecule has 2 rings (SSSR count). The largest absolute Gasteiger partial charge is 0.377 e. The maximum atomic E-state index is 11.8. The number of hydrogen-bond acceptors (Lipinski definition) is 2. The minimum Gasteiger partial charge on any atom is -0.377 e. The molecule has 2 aliphatic rings. The first-order chi connectivity index (χ1) is 6.81. The number of morpholine rings is 1. The average molecular weight is 198 g/mol. The van der Waals surface area contributed by atoms with Crippen LogP contribution in [0.2, 0.25) is 0 Å². The van der Waals surface area contributed by atoms with Gasteiger partial charge in [0.05, 0.1) is 19.3 Å². The summed E-state index contributed by atoms with van der Waals surface area (Å²) in [5, 5.41) is 3.02. The summed E-state index contributed by atoms with van der Waals surface area (Å²) in [7, 11) is 0. The van der Waals surface area contributed by atoms with E-state index >= 15 is 0 Å². The predicted octanol–water partition coefficient (Wildman–Crippen LogP) is 0.969. The Labute approximate surface area is 84.6 Å². The summed E-state index contributed by atoms with van der Waals surface area (Å²) in [5.74, 6) is 0. The Hall–Kier alpha value is -0.770. The average Bonchev–Trinajstić information content (AvgIpc) is 3.01. The Balaban J connectivity index is 1.87. The Bertz CT molecular complexity index is 216. The fraction of sp³-hybridized carbons (Fsp3) is 0.900. The van der Waals surface area contributed by atoms with Crippen LogP contribution in [0.15, 0.2) is 0 Å². The molecule has 1 saturated carbocycles. The number of carbonyl (C=O) groups excluding carboxylic acids is 1. The Morgan fingerprint density at radius 1 is 1.57 bits per heavy atom. The van der Waals surface area contributed by atoms with Crippen molar-refractivity contribution in [2.24, 2.45) is 0 Å². The van der Waals surface area contributed by atoms with Crippen molar-refractivity contribution in [1.29, 1.82) is 0 Å². The predicted molar refractivity (Wildman–Crippen MR) is 53.2 cm³/mol. The Kier molecular flexibility index (Phi) is 2.91. The van der Waals surface area contributed by atoms with Gasteiger partial charge in [0.1, 0.15) is 0 Å². The number of carbonyl (C=O) groups is 1. The molecule has 0 aromatic carbocycles. The van der Waals surface area contributed by atoms with Crippen LogP contribution in [-0.2, 0) is 4.74 Å². The highest BCUT2D eigenvalue weighted by Gasteiger charge is 2.30. The van der Waals surface area contributed by atoms with E-state index in [4.69, 9.17) is 4.74 Å². The highest BCUT2D eigenvalue weighted by atomic mass is 16.5. The van der Waals surface area contributed by atoms with Gasteiger partial charge in [0.2, 0.25) is 0 Å². The molecule has 1 heterocycles. The summed E-state index contributed by atoms with van der Waals surface area (Å²) in [4.78, 5) is 13.7. The van der Waals surface area contributed by atoms with Crippen molar-refractivity contribution in [3.63, 3.8) is 0 Å². The zero-order valence-electron chi connectivity index (χ0n) is 8.66. The second kappa shape index (κ2) is 4.17. The van der Waals surface area contributed by atoms with Crippen molar-refractivity contribution >= 4 is 6.03 Å². The Morgan fingerprint density at radius 2 is 2.36 bits per heavy atom.